The van der Waals surface area contributed by atoms with Gasteiger partial charge in [0.05, 0.1) is 17.9 Å². The van der Waals surface area contributed by atoms with Crippen LogP contribution >= 0.6 is 12.6 Å². The predicted octanol–water partition coefficient (Wildman–Crippen LogP) is 4.78. The molecule has 1 aliphatic rings. The summed E-state index contributed by atoms with van der Waals surface area (Å²) in [5, 5.41) is 2.45. The maximum absolute atomic E-state index is 12.0. The average molecular weight is 535 g/mol. The van der Waals surface area contributed by atoms with Crippen molar-refractivity contribution in [3.8, 4) is 5.75 Å². The molecule has 201 valence electrons. The van der Waals surface area contributed by atoms with Crippen molar-refractivity contribution in [3.63, 3.8) is 0 Å². The molecule has 0 bridgehead atoms. The number of amides is 2. The number of hydrogen-bond donors (Lipinski definition) is 2. The Morgan fingerprint density at radius 2 is 1.76 bits per heavy atom. The molecular weight excluding hydrogens is 497 g/mol. The summed E-state index contributed by atoms with van der Waals surface area (Å²) in [6.45, 7) is 14.5. The number of aryl methyl sites for hydroxylation is 1. The second-order valence-electron chi connectivity index (χ2n) is 10.4. The van der Waals surface area contributed by atoms with Gasteiger partial charge in [-0.05, 0) is 77.8 Å². The van der Waals surface area contributed by atoms with Crippen LogP contribution in [0, 0.1) is 12.8 Å². The lowest BCUT2D eigenvalue weighted by molar-refractivity contribution is -0.126. The first kappa shape index (κ1) is 29.5. The van der Waals surface area contributed by atoms with Gasteiger partial charge < -0.3 is 9.39 Å². The Balaban J connectivity index is 0.000000230. The second-order valence-corrected chi connectivity index (χ2v) is 11.5. The second kappa shape index (κ2) is 12.2. The minimum absolute atomic E-state index is 0.249. The molecule has 1 unspecified atom stereocenters. The molecule has 0 aliphatic carbocycles. The van der Waals surface area contributed by atoms with Gasteiger partial charge in [-0.15, -0.1) is 0 Å². The highest BCUT2D eigenvalue weighted by Crippen LogP contribution is 2.30. The van der Waals surface area contributed by atoms with Crippen LogP contribution in [0.4, 0.5) is 5.69 Å². The molecular formula is C29H37BN3O4S. The molecule has 1 aliphatic heterocycles. The number of thiol groups is 1. The molecule has 1 atom stereocenters. The molecule has 1 aromatic heterocycles. The highest BCUT2D eigenvalue weighted by molar-refractivity contribution is 7.81. The van der Waals surface area contributed by atoms with E-state index in [0.717, 1.165) is 29.8 Å². The summed E-state index contributed by atoms with van der Waals surface area (Å²) in [5.74, 6) is -0.297. The van der Waals surface area contributed by atoms with Crippen molar-refractivity contribution in [2.24, 2.45) is 5.92 Å². The van der Waals surface area contributed by atoms with Crippen LogP contribution in [0.5, 0.6) is 5.75 Å². The molecule has 2 heterocycles. The van der Waals surface area contributed by atoms with Gasteiger partial charge >= 0.3 is 7.48 Å². The first-order valence-corrected chi connectivity index (χ1v) is 13.3. The monoisotopic (exact) mass is 534 g/mol. The Hall–Kier alpha value is -3.04. The highest BCUT2D eigenvalue weighted by Gasteiger charge is 2.37. The largest absolute Gasteiger partial charge is 0.491 e. The van der Waals surface area contributed by atoms with Gasteiger partial charge in [0.25, 0.3) is 11.8 Å². The van der Waals surface area contributed by atoms with E-state index in [1.807, 2.05) is 52.0 Å². The van der Waals surface area contributed by atoms with E-state index in [4.69, 9.17) is 9.39 Å². The number of hydrogen-bond acceptors (Lipinski definition) is 6. The van der Waals surface area contributed by atoms with Crippen LogP contribution in [-0.4, -0.2) is 41.2 Å². The number of pyridine rings is 1. The predicted molar refractivity (Wildman–Crippen MR) is 157 cm³/mol. The van der Waals surface area contributed by atoms with Gasteiger partial charge in [-0.2, -0.15) is 12.6 Å². The summed E-state index contributed by atoms with van der Waals surface area (Å²) in [5.41, 5.74) is 5.81. The van der Waals surface area contributed by atoms with Crippen LogP contribution in [0.25, 0.3) is 10.9 Å². The third kappa shape index (κ3) is 6.88. The maximum Gasteiger partial charge on any atom is 0.330 e. The summed E-state index contributed by atoms with van der Waals surface area (Å²) in [4.78, 5) is 27.9. The van der Waals surface area contributed by atoms with Gasteiger partial charge in [0.1, 0.15) is 17.2 Å². The fraction of sp³-hybridized carbons (Fsp3) is 0.414. The standard InChI is InChI=1S/C16H22BN2O3S.C13H15NO/c1-10-13(20)18-19(14(10)21)12-8-6-11(7-9-12)17-22-15(2,3)16(4,5)23;1-3-9-15-12-7-6-10(2)11-5-4-8-14-13(11)12/h6-10,23H,1-5H3,(H,18,20);4-8H,3,9H2,1-2H3. The molecule has 1 radical (unpaired) electrons. The highest BCUT2D eigenvalue weighted by atomic mass is 32.1. The number of rotatable bonds is 8. The molecule has 9 heteroatoms. The van der Waals surface area contributed by atoms with Gasteiger partial charge in [0.2, 0.25) is 0 Å². The lowest BCUT2D eigenvalue weighted by atomic mass is 9.84. The Morgan fingerprint density at radius 3 is 2.34 bits per heavy atom. The molecule has 0 spiro atoms. The van der Waals surface area contributed by atoms with Crippen molar-refractivity contribution in [1.82, 2.24) is 10.4 Å². The maximum atomic E-state index is 12.0. The van der Waals surface area contributed by atoms with Crippen molar-refractivity contribution in [2.45, 2.75) is 65.2 Å². The summed E-state index contributed by atoms with van der Waals surface area (Å²) < 4.78 is 11.2. The topological polar surface area (TPSA) is 80.8 Å². The zero-order valence-corrected chi connectivity index (χ0v) is 24.1. The first-order valence-electron chi connectivity index (χ1n) is 12.8. The van der Waals surface area contributed by atoms with Crippen molar-refractivity contribution in [2.75, 3.05) is 11.6 Å². The van der Waals surface area contributed by atoms with E-state index < -0.39 is 11.5 Å². The first-order chi connectivity index (χ1) is 17.9. The fourth-order valence-electron chi connectivity index (χ4n) is 3.44. The van der Waals surface area contributed by atoms with Crippen molar-refractivity contribution < 1.29 is 19.0 Å². The quantitative estimate of drug-likeness (QED) is 0.247. The van der Waals surface area contributed by atoms with E-state index in [1.165, 1.54) is 16.0 Å². The smallest absolute Gasteiger partial charge is 0.330 e. The summed E-state index contributed by atoms with van der Waals surface area (Å²) in [6.07, 6.45) is 2.82. The van der Waals surface area contributed by atoms with E-state index in [0.29, 0.717) is 5.69 Å². The van der Waals surface area contributed by atoms with Crippen LogP contribution in [0.3, 0.4) is 0 Å². The Kier molecular flexibility index (Phi) is 9.49. The molecule has 1 N–H and O–H groups in total. The number of aromatic nitrogens is 1. The van der Waals surface area contributed by atoms with Crippen LogP contribution in [0.2, 0.25) is 0 Å². The Morgan fingerprint density at radius 1 is 1.08 bits per heavy atom. The molecule has 7 nitrogen and oxygen atoms in total. The van der Waals surface area contributed by atoms with Gasteiger partial charge in [-0.3, -0.25) is 20.0 Å². The normalized spacial score (nSPS) is 15.7. The molecule has 0 saturated carbocycles. The van der Waals surface area contributed by atoms with Crippen molar-refractivity contribution in [1.29, 1.82) is 0 Å². The lowest BCUT2D eigenvalue weighted by Crippen LogP contribution is -2.45. The number of nitrogens with zero attached hydrogens (tertiary/aromatic N) is 2. The minimum Gasteiger partial charge on any atom is -0.491 e. The molecule has 1 saturated heterocycles. The van der Waals surface area contributed by atoms with E-state index in [1.54, 1.807) is 32.7 Å². The van der Waals surface area contributed by atoms with E-state index in [9.17, 15) is 9.59 Å². The van der Waals surface area contributed by atoms with Crippen LogP contribution in [-0.2, 0) is 14.2 Å². The van der Waals surface area contributed by atoms with E-state index in [-0.39, 0.29) is 16.6 Å². The van der Waals surface area contributed by atoms with E-state index in [2.05, 4.69) is 49.0 Å². The molecule has 3 aromatic rings. The third-order valence-electron chi connectivity index (χ3n) is 6.73. The van der Waals surface area contributed by atoms with Crippen molar-refractivity contribution >= 4 is 54.0 Å². The van der Waals surface area contributed by atoms with Crippen LogP contribution in [0.15, 0.2) is 54.7 Å². The number of carbonyl (C=O) groups is 2. The van der Waals surface area contributed by atoms with Crippen LogP contribution < -0.4 is 20.6 Å². The number of nitrogens with one attached hydrogen (secondary N) is 1. The number of carbonyl (C=O) groups excluding carboxylic acids is 2. The Bertz CT molecular complexity index is 1280. The Labute approximate surface area is 232 Å². The summed E-state index contributed by atoms with van der Waals surface area (Å²) in [6, 6.07) is 15.3. The number of benzene rings is 2. The van der Waals surface area contributed by atoms with Gasteiger partial charge in [-0.25, -0.2) is 5.01 Å². The summed E-state index contributed by atoms with van der Waals surface area (Å²) in [7, 11) is 1.68. The lowest BCUT2D eigenvalue weighted by Gasteiger charge is -2.38. The molecule has 1 fully saturated rings. The number of fused-ring (bicyclic) bond motifs is 1. The molecule has 4 rings (SSSR count). The zero-order valence-electron chi connectivity index (χ0n) is 23.2. The number of ether oxygens (including phenoxy) is 1. The minimum atomic E-state index is -0.650. The molecule has 2 aromatic carbocycles. The van der Waals surface area contributed by atoms with E-state index >= 15 is 0 Å². The summed E-state index contributed by atoms with van der Waals surface area (Å²) >= 11 is 4.55. The van der Waals surface area contributed by atoms with Crippen molar-refractivity contribution in [3.05, 3.63) is 60.3 Å². The SMILES string of the molecule is CC1C(=O)NN(c2ccc([B]OC(C)(C)C(C)(C)S)cc2)C1=O.CCCOc1ccc(C)c2cccnc12. The fourth-order valence-corrected chi connectivity index (χ4v) is 3.49. The van der Waals surface area contributed by atoms with Crippen LogP contribution in [0.1, 0.15) is 53.5 Å². The molecule has 38 heavy (non-hydrogen) atoms. The van der Waals surface area contributed by atoms with Gasteiger partial charge in [0.15, 0.2) is 0 Å². The van der Waals surface area contributed by atoms with Gasteiger partial charge in [0, 0.05) is 16.3 Å². The third-order valence-corrected chi connectivity index (χ3v) is 7.27. The molecule has 2 amide bonds. The zero-order chi connectivity index (χ0) is 28.1. The van der Waals surface area contributed by atoms with Gasteiger partial charge in [-0.1, -0.05) is 36.7 Å². The number of hydrazine groups is 1. The number of anilines is 1. The average Bonchev–Trinajstić information content (AvgIpc) is 3.14.